The highest BCUT2D eigenvalue weighted by molar-refractivity contribution is 4.90. The molecule has 21 heavy (non-hydrogen) atoms. The molecule has 0 aliphatic carbocycles. The van der Waals surface area contributed by atoms with E-state index < -0.39 is 0 Å². The lowest BCUT2D eigenvalue weighted by molar-refractivity contribution is -0.162. The zero-order valence-corrected chi connectivity index (χ0v) is 13.6. The number of aliphatic hydroxyl groups is 1. The fraction of sp³-hybridized carbons (Fsp3) is 0.882. The monoisotopic (exact) mass is 300 g/mol. The SMILES string of the molecule is CCC(CC)O[C@@H](/C=C/CCCOC1CCCCO1)CO. The lowest BCUT2D eigenvalue weighted by atomic mass is 10.2. The molecule has 124 valence electrons. The standard InChI is InChI=1S/C17H32O4/c1-3-15(4-2)21-16(14-18)10-6-5-8-12-19-17-11-7-9-13-20-17/h6,10,15-18H,3-5,7-9,11-14H2,1-2H3/b10-6+/t16-,17?/m0/s1. The molecule has 1 fully saturated rings. The molecule has 2 atom stereocenters. The van der Waals surface area contributed by atoms with Gasteiger partial charge < -0.3 is 19.3 Å². The minimum absolute atomic E-state index is 0.00567. The zero-order chi connectivity index (χ0) is 15.3. The van der Waals surface area contributed by atoms with Crippen LogP contribution < -0.4 is 0 Å². The molecule has 0 bridgehead atoms. The number of ether oxygens (including phenoxy) is 3. The molecule has 4 nitrogen and oxygen atoms in total. The molecule has 1 aliphatic rings. The van der Waals surface area contributed by atoms with Gasteiger partial charge in [-0.1, -0.05) is 26.0 Å². The van der Waals surface area contributed by atoms with Crippen molar-refractivity contribution >= 4 is 0 Å². The predicted molar refractivity (Wildman–Crippen MR) is 84.2 cm³/mol. The number of hydrogen-bond donors (Lipinski definition) is 1. The van der Waals surface area contributed by atoms with E-state index in [0.29, 0.717) is 0 Å². The van der Waals surface area contributed by atoms with Gasteiger partial charge in [-0.05, 0) is 44.9 Å². The van der Waals surface area contributed by atoms with Gasteiger partial charge in [0, 0.05) is 6.61 Å². The van der Waals surface area contributed by atoms with Gasteiger partial charge in [0.1, 0.15) is 0 Å². The third-order valence-electron chi connectivity index (χ3n) is 3.77. The van der Waals surface area contributed by atoms with E-state index in [1.54, 1.807) is 0 Å². The van der Waals surface area contributed by atoms with Crippen LogP contribution in [0.1, 0.15) is 58.8 Å². The highest BCUT2D eigenvalue weighted by Gasteiger charge is 2.13. The molecule has 0 amide bonds. The Morgan fingerprint density at radius 3 is 2.71 bits per heavy atom. The van der Waals surface area contributed by atoms with Gasteiger partial charge in [0.05, 0.1) is 25.4 Å². The first-order chi connectivity index (χ1) is 10.3. The molecule has 0 radical (unpaired) electrons. The van der Waals surface area contributed by atoms with E-state index >= 15 is 0 Å². The molecule has 1 saturated heterocycles. The van der Waals surface area contributed by atoms with Gasteiger partial charge in [-0.3, -0.25) is 0 Å². The van der Waals surface area contributed by atoms with E-state index in [9.17, 15) is 5.11 Å². The first kappa shape index (κ1) is 18.6. The number of rotatable bonds is 11. The van der Waals surface area contributed by atoms with Crippen LogP contribution in [-0.4, -0.2) is 43.4 Å². The van der Waals surface area contributed by atoms with Gasteiger partial charge in [0.15, 0.2) is 6.29 Å². The third kappa shape index (κ3) is 8.57. The third-order valence-corrected chi connectivity index (χ3v) is 3.77. The smallest absolute Gasteiger partial charge is 0.157 e. The van der Waals surface area contributed by atoms with E-state index in [-0.39, 0.29) is 25.1 Å². The molecule has 1 rings (SSSR count). The van der Waals surface area contributed by atoms with Crippen LogP contribution in [0.5, 0.6) is 0 Å². The average molecular weight is 300 g/mol. The Hall–Kier alpha value is -0.420. The molecule has 0 aromatic rings. The summed E-state index contributed by atoms with van der Waals surface area (Å²) in [4.78, 5) is 0. The molecule has 1 heterocycles. The summed E-state index contributed by atoms with van der Waals surface area (Å²) in [6, 6.07) is 0. The molecule has 0 spiro atoms. The molecule has 1 aliphatic heterocycles. The highest BCUT2D eigenvalue weighted by Crippen LogP contribution is 2.14. The van der Waals surface area contributed by atoms with Crippen molar-refractivity contribution in [1.29, 1.82) is 0 Å². The number of unbranched alkanes of at least 4 members (excludes halogenated alkanes) is 1. The Balaban J connectivity index is 2.08. The summed E-state index contributed by atoms with van der Waals surface area (Å²) in [5.41, 5.74) is 0. The second-order valence-electron chi connectivity index (χ2n) is 5.53. The highest BCUT2D eigenvalue weighted by atomic mass is 16.7. The van der Waals surface area contributed by atoms with Gasteiger partial charge in [-0.2, -0.15) is 0 Å². The predicted octanol–water partition coefficient (Wildman–Crippen LogP) is 3.43. The Morgan fingerprint density at radius 2 is 2.10 bits per heavy atom. The number of hydrogen-bond acceptors (Lipinski definition) is 4. The van der Waals surface area contributed by atoms with E-state index in [1.807, 2.05) is 6.08 Å². The van der Waals surface area contributed by atoms with Crippen LogP contribution in [0.3, 0.4) is 0 Å². The maximum atomic E-state index is 9.32. The van der Waals surface area contributed by atoms with Gasteiger partial charge >= 0.3 is 0 Å². The Labute approximate surface area is 129 Å². The van der Waals surface area contributed by atoms with Crippen molar-refractivity contribution in [3.8, 4) is 0 Å². The molecular weight excluding hydrogens is 268 g/mol. The maximum absolute atomic E-state index is 9.32. The van der Waals surface area contributed by atoms with Crippen molar-refractivity contribution in [3.63, 3.8) is 0 Å². The summed E-state index contributed by atoms with van der Waals surface area (Å²) in [7, 11) is 0. The normalized spacial score (nSPS) is 21.2. The summed E-state index contributed by atoms with van der Waals surface area (Å²) < 4.78 is 17.0. The van der Waals surface area contributed by atoms with E-state index in [2.05, 4.69) is 19.9 Å². The molecular formula is C17H32O4. The summed E-state index contributed by atoms with van der Waals surface area (Å²) >= 11 is 0. The fourth-order valence-corrected chi connectivity index (χ4v) is 2.38. The largest absolute Gasteiger partial charge is 0.393 e. The van der Waals surface area contributed by atoms with Crippen LogP contribution in [0.15, 0.2) is 12.2 Å². The Kier molecular flexibility index (Phi) is 10.8. The topological polar surface area (TPSA) is 47.9 Å². The molecule has 0 aromatic carbocycles. The first-order valence-electron chi connectivity index (χ1n) is 8.46. The van der Waals surface area contributed by atoms with Crippen LogP contribution in [0.4, 0.5) is 0 Å². The van der Waals surface area contributed by atoms with E-state index in [1.165, 1.54) is 6.42 Å². The molecule has 1 unspecified atom stereocenters. The van der Waals surface area contributed by atoms with Gasteiger partial charge in [-0.25, -0.2) is 0 Å². The van der Waals surface area contributed by atoms with Crippen LogP contribution in [0, 0.1) is 0 Å². The number of allylic oxidation sites excluding steroid dienone is 1. The van der Waals surface area contributed by atoms with Crippen molar-refractivity contribution in [2.45, 2.75) is 77.3 Å². The quantitative estimate of drug-likeness (QED) is 0.469. The summed E-state index contributed by atoms with van der Waals surface area (Å²) in [6.45, 7) is 5.82. The van der Waals surface area contributed by atoms with Crippen molar-refractivity contribution < 1.29 is 19.3 Å². The lowest BCUT2D eigenvalue weighted by Crippen LogP contribution is -2.23. The molecule has 0 saturated carbocycles. The first-order valence-corrected chi connectivity index (χ1v) is 8.46. The van der Waals surface area contributed by atoms with Gasteiger partial charge in [0.2, 0.25) is 0 Å². The summed E-state index contributed by atoms with van der Waals surface area (Å²) in [5.74, 6) is 0. The zero-order valence-electron chi connectivity index (χ0n) is 13.6. The van der Waals surface area contributed by atoms with E-state index in [0.717, 1.165) is 51.7 Å². The van der Waals surface area contributed by atoms with Gasteiger partial charge in [-0.15, -0.1) is 0 Å². The Morgan fingerprint density at radius 1 is 1.29 bits per heavy atom. The van der Waals surface area contributed by atoms with Crippen LogP contribution in [0.2, 0.25) is 0 Å². The fourth-order valence-electron chi connectivity index (χ4n) is 2.38. The minimum Gasteiger partial charge on any atom is -0.393 e. The van der Waals surface area contributed by atoms with Crippen molar-refractivity contribution in [2.24, 2.45) is 0 Å². The minimum atomic E-state index is -0.183. The Bertz CT molecular complexity index is 258. The van der Waals surface area contributed by atoms with Crippen LogP contribution in [-0.2, 0) is 14.2 Å². The van der Waals surface area contributed by atoms with Crippen molar-refractivity contribution in [1.82, 2.24) is 0 Å². The summed E-state index contributed by atoms with van der Waals surface area (Å²) in [6.07, 6.45) is 11.4. The lowest BCUT2D eigenvalue weighted by Gasteiger charge is -2.22. The number of aliphatic hydroxyl groups excluding tert-OH is 1. The second kappa shape index (κ2) is 12.2. The summed E-state index contributed by atoms with van der Waals surface area (Å²) in [5, 5.41) is 9.32. The molecule has 1 N–H and O–H groups in total. The van der Waals surface area contributed by atoms with Crippen molar-refractivity contribution in [3.05, 3.63) is 12.2 Å². The van der Waals surface area contributed by atoms with E-state index in [4.69, 9.17) is 14.2 Å². The molecule has 4 heteroatoms. The second-order valence-corrected chi connectivity index (χ2v) is 5.53. The van der Waals surface area contributed by atoms with Crippen LogP contribution >= 0.6 is 0 Å². The average Bonchev–Trinajstić information content (AvgIpc) is 2.54. The van der Waals surface area contributed by atoms with Gasteiger partial charge in [0.25, 0.3) is 0 Å². The van der Waals surface area contributed by atoms with Crippen molar-refractivity contribution in [2.75, 3.05) is 19.8 Å². The van der Waals surface area contributed by atoms with Crippen LogP contribution in [0.25, 0.3) is 0 Å². The maximum Gasteiger partial charge on any atom is 0.157 e. The molecule has 0 aromatic heterocycles.